The first-order chi connectivity index (χ1) is 6.74. The molecule has 0 aliphatic rings. The van der Waals surface area contributed by atoms with E-state index < -0.39 is 0 Å². The van der Waals surface area contributed by atoms with Crippen LogP contribution in [0.5, 0.6) is 0 Å². The van der Waals surface area contributed by atoms with E-state index in [1.165, 1.54) is 5.69 Å². The maximum atomic E-state index is 3.42. The molecule has 0 saturated heterocycles. The summed E-state index contributed by atoms with van der Waals surface area (Å²) < 4.78 is 0. The Morgan fingerprint density at radius 2 is 2.14 bits per heavy atom. The van der Waals surface area contributed by atoms with Crippen molar-refractivity contribution in [2.45, 2.75) is 13.8 Å². The lowest BCUT2D eigenvalue weighted by molar-refractivity contribution is 0.390. The molecule has 0 fully saturated rings. The van der Waals surface area contributed by atoms with Crippen LogP contribution in [0.25, 0.3) is 0 Å². The number of nitrogens with one attached hydrogen (secondary N) is 3. The second-order valence-electron chi connectivity index (χ2n) is 4.04. The molecule has 1 atom stereocenters. The third-order valence-corrected chi connectivity index (χ3v) is 2.58. The molecule has 1 unspecified atom stereocenters. The smallest absolute Gasteiger partial charge is 0.0517 e. The van der Waals surface area contributed by atoms with Gasteiger partial charge in [0.1, 0.15) is 0 Å². The van der Waals surface area contributed by atoms with Gasteiger partial charge in [0.25, 0.3) is 0 Å². The van der Waals surface area contributed by atoms with E-state index in [0.717, 1.165) is 13.1 Å². The van der Waals surface area contributed by atoms with Crippen molar-refractivity contribution in [1.82, 2.24) is 10.3 Å². The molecular formula is C11H21N3. The third kappa shape index (κ3) is 3.42. The minimum Gasteiger partial charge on any atom is -0.383 e. The maximum absolute atomic E-state index is 3.42. The Bertz CT molecular complexity index is 229. The summed E-state index contributed by atoms with van der Waals surface area (Å²) in [6.07, 6.45) is 3.92. The third-order valence-electron chi connectivity index (χ3n) is 2.58. The summed E-state index contributed by atoms with van der Waals surface area (Å²) in [5.74, 6) is 1.38. The van der Waals surface area contributed by atoms with Crippen molar-refractivity contribution in [3.05, 3.63) is 18.5 Å². The van der Waals surface area contributed by atoms with E-state index in [1.807, 2.05) is 19.4 Å². The first-order valence-corrected chi connectivity index (χ1v) is 5.25. The Labute approximate surface area is 86.3 Å². The van der Waals surface area contributed by atoms with E-state index in [0.29, 0.717) is 11.8 Å². The van der Waals surface area contributed by atoms with Gasteiger partial charge in [-0.2, -0.15) is 0 Å². The summed E-state index contributed by atoms with van der Waals surface area (Å²) in [5.41, 5.74) is 1.17. The molecule has 0 aromatic carbocycles. The van der Waals surface area contributed by atoms with Crippen molar-refractivity contribution in [3.63, 3.8) is 0 Å². The zero-order chi connectivity index (χ0) is 10.4. The molecule has 0 amide bonds. The molecule has 80 valence electrons. The van der Waals surface area contributed by atoms with Crippen molar-refractivity contribution >= 4 is 5.69 Å². The monoisotopic (exact) mass is 195 g/mol. The van der Waals surface area contributed by atoms with E-state index in [4.69, 9.17) is 0 Å². The second-order valence-corrected chi connectivity index (χ2v) is 4.04. The van der Waals surface area contributed by atoms with Gasteiger partial charge in [0.05, 0.1) is 5.69 Å². The van der Waals surface area contributed by atoms with Crippen LogP contribution in [-0.2, 0) is 0 Å². The number of hydrogen-bond acceptors (Lipinski definition) is 2. The minimum atomic E-state index is 0.676. The molecule has 1 rings (SSSR count). The van der Waals surface area contributed by atoms with Gasteiger partial charge >= 0.3 is 0 Å². The Balaban J connectivity index is 2.33. The molecule has 0 saturated carbocycles. The summed E-state index contributed by atoms with van der Waals surface area (Å²) in [7, 11) is 2.01. The van der Waals surface area contributed by atoms with Crippen LogP contribution in [0.4, 0.5) is 5.69 Å². The number of H-pyrrole nitrogens is 1. The Hall–Kier alpha value is -0.960. The predicted octanol–water partition coefficient (Wildman–Crippen LogP) is 1.92. The highest BCUT2D eigenvalue weighted by Gasteiger charge is 2.11. The van der Waals surface area contributed by atoms with E-state index in [-0.39, 0.29) is 0 Å². The van der Waals surface area contributed by atoms with Crippen LogP contribution in [0, 0.1) is 11.8 Å². The van der Waals surface area contributed by atoms with Gasteiger partial charge in [0, 0.05) is 18.9 Å². The van der Waals surface area contributed by atoms with Crippen molar-refractivity contribution < 1.29 is 0 Å². The van der Waals surface area contributed by atoms with E-state index >= 15 is 0 Å². The van der Waals surface area contributed by atoms with Crippen LogP contribution in [0.3, 0.4) is 0 Å². The number of aromatic nitrogens is 1. The minimum absolute atomic E-state index is 0.676. The van der Waals surface area contributed by atoms with Crippen LogP contribution >= 0.6 is 0 Å². The highest BCUT2D eigenvalue weighted by molar-refractivity contribution is 5.40. The average Bonchev–Trinajstić information content (AvgIpc) is 2.64. The van der Waals surface area contributed by atoms with Crippen LogP contribution in [0.2, 0.25) is 0 Å². The second kappa shape index (κ2) is 5.70. The lowest BCUT2D eigenvalue weighted by atomic mass is 9.96. The maximum Gasteiger partial charge on any atom is 0.0517 e. The normalized spacial score (nSPS) is 13.1. The highest BCUT2D eigenvalue weighted by atomic mass is 14.9. The molecule has 3 heteroatoms. The molecule has 0 aliphatic heterocycles. The van der Waals surface area contributed by atoms with Gasteiger partial charge in [-0.15, -0.1) is 0 Å². The van der Waals surface area contributed by atoms with Crippen molar-refractivity contribution in [2.75, 3.05) is 25.5 Å². The molecule has 14 heavy (non-hydrogen) atoms. The lowest BCUT2D eigenvalue weighted by Crippen LogP contribution is -2.29. The first-order valence-electron chi connectivity index (χ1n) is 5.25. The van der Waals surface area contributed by atoms with Crippen LogP contribution in [-0.4, -0.2) is 25.1 Å². The van der Waals surface area contributed by atoms with Gasteiger partial charge in [-0.1, -0.05) is 13.8 Å². The Kier molecular flexibility index (Phi) is 4.53. The molecule has 3 N–H and O–H groups in total. The lowest BCUT2D eigenvalue weighted by Gasteiger charge is -2.21. The largest absolute Gasteiger partial charge is 0.383 e. The standard InChI is InChI=1S/C11H21N3/c1-9(2)10(6-12-3)7-14-11-4-5-13-8-11/h4-5,8-10,12-14H,6-7H2,1-3H3. The molecule has 1 aromatic heterocycles. The summed E-state index contributed by atoms with van der Waals surface area (Å²) >= 11 is 0. The van der Waals surface area contributed by atoms with Gasteiger partial charge < -0.3 is 15.6 Å². The molecule has 1 aromatic rings. The fourth-order valence-electron chi connectivity index (χ4n) is 1.49. The van der Waals surface area contributed by atoms with Gasteiger partial charge in [-0.25, -0.2) is 0 Å². The molecule has 0 radical (unpaired) electrons. The average molecular weight is 195 g/mol. The fraction of sp³-hybridized carbons (Fsp3) is 0.636. The molecule has 0 aliphatic carbocycles. The SMILES string of the molecule is CNCC(CNc1cc[nH]c1)C(C)C. The summed E-state index contributed by atoms with van der Waals surface area (Å²) in [5, 5.41) is 6.65. The van der Waals surface area contributed by atoms with E-state index in [9.17, 15) is 0 Å². The van der Waals surface area contributed by atoms with Crippen molar-refractivity contribution in [2.24, 2.45) is 11.8 Å². The van der Waals surface area contributed by atoms with E-state index in [2.05, 4.69) is 35.5 Å². The van der Waals surface area contributed by atoms with Crippen molar-refractivity contribution in [1.29, 1.82) is 0 Å². The summed E-state index contributed by atoms with van der Waals surface area (Å²) in [6, 6.07) is 2.05. The molecule has 0 spiro atoms. The van der Waals surface area contributed by atoms with Gasteiger partial charge in [0.15, 0.2) is 0 Å². The highest BCUT2D eigenvalue weighted by Crippen LogP contribution is 2.12. The zero-order valence-electron chi connectivity index (χ0n) is 9.30. The quantitative estimate of drug-likeness (QED) is 0.649. The van der Waals surface area contributed by atoms with Crippen LogP contribution in [0.15, 0.2) is 18.5 Å². The van der Waals surface area contributed by atoms with Gasteiger partial charge in [-0.05, 0) is 31.5 Å². The number of hydrogen-bond donors (Lipinski definition) is 3. The van der Waals surface area contributed by atoms with Gasteiger partial charge in [0.2, 0.25) is 0 Å². The zero-order valence-corrected chi connectivity index (χ0v) is 9.30. The summed E-state index contributed by atoms with van der Waals surface area (Å²) in [6.45, 7) is 6.62. The van der Waals surface area contributed by atoms with Crippen LogP contribution < -0.4 is 10.6 Å². The Morgan fingerprint density at radius 3 is 2.64 bits per heavy atom. The Morgan fingerprint density at radius 1 is 1.36 bits per heavy atom. The summed E-state index contributed by atoms with van der Waals surface area (Å²) in [4.78, 5) is 3.04. The molecular weight excluding hydrogens is 174 g/mol. The topological polar surface area (TPSA) is 39.8 Å². The van der Waals surface area contributed by atoms with Crippen molar-refractivity contribution in [3.8, 4) is 0 Å². The van der Waals surface area contributed by atoms with Gasteiger partial charge in [-0.3, -0.25) is 0 Å². The number of anilines is 1. The predicted molar refractivity (Wildman–Crippen MR) is 61.5 cm³/mol. The molecule has 0 bridgehead atoms. The number of rotatable bonds is 6. The number of aromatic amines is 1. The fourth-order valence-corrected chi connectivity index (χ4v) is 1.49. The first kappa shape index (κ1) is 11.1. The van der Waals surface area contributed by atoms with E-state index in [1.54, 1.807) is 0 Å². The van der Waals surface area contributed by atoms with Crippen LogP contribution in [0.1, 0.15) is 13.8 Å². The molecule has 1 heterocycles. The molecule has 3 nitrogen and oxygen atoms in total.